The molecule has 4 nitrogen and oxygen atoms in total. The molecule has 18 heavy (non-hydrogen) atoms. The van der Waals surface area contributed by atoms with E-state index in [2.05, 4.69) is 0 Å². The lowest BCUT2D eigenvalue weighted by Crippen LogP contribution is -2.23. The van der Waals surface area contributed by atoms with Crippen molar-refractivity contribution in [3.63, 3.8) is 0 Å². The summed E-state index contributed by atoms with van der Waals surface area (Å²) in [5, 5.41) is 8.07. The molecule has 0 radical (unpaired) electrons. The molecule has 1 aliphatic rings. The third-order valence-electron chi connectivity index (χ3n) is 3.23. The van der Waals surface area contributed by atoms with Gasteiger partial charge in [0.05, 0.1) is 5.92 Å². The van der Waals surface area contributed by atoms with E-state index in [-0.39, 0.29) is 0 Å². The molecular formula is C11H13ClF2O4. The molecule has 1 fully saturated rings. The molecule has 3 unspecified atom stereocenters. The number of rotatable bonds is 4. The van der Waals surface area contributed by atoms with Crippen LogP contribution in [0.2, 0.25) is 0 Å². The van der Waals surface area contributed by atoms with Crippen LogP contribution in [0.3, 0.4) is 0 Å². The predicted molar refractivity (Wildman–Crippen MR) is 59.0 cm³/mol. The molecular weight excluding hydrogens is 270 g/mol. The Balaban J connectivity index is 3.04. The lowest BCUT2D eigenvalue weighted by Gasteiger charge is -2.17. The molecule has 1 aliphatic carbocycles. The first-order chi connectivity index (χ1) is 8.10. The minimum Gasteiger partial charge on any atom is -0.481 e. The largest absolute Gasteiger partial charge is 0.481 e. The maximum atomic E-state index is 12.5. The van der Waals surface area contributed by atoms with Crippen LogP contribution in [0, 0.1) is 17.3 Å². The molecule has 3 atom stereocenters. The highest BCUT2D eigenvalue weighted by Gasteiger charge is 2.67. The van der Waals surface area contributed by atoms with Gasteiger partial charge in [-0.15, -0.1) is 0 Å². The third kappa shape index (κ3) is 2.63. The first kappa shape index (κ1) is 14.9. The van der Waals surface area contributed by atoms with Crippen molar-refractivity contribution in [1.82, 2.24) is 0 Å². The Bertz CT molecular complexity index is 415. The van der Waals surface area contributed by atoms with Crippen molar-refractivity contribution in [2.45, 2.75) is 26.9 Å². The first-order valence-electron chi connectivity index (χ1n) is 5.21. The second-order valence-electron chi connectivity index (χ2n) is 4.80. The van der Waals surface area contributed by atoms with Gasteiger partial charge in [-0.05, 0) is 5.41 Å². The van der Waals surface area contributed by atoms with Crippen molar-refractivity contribution in [3.8, 4) is 0 Å². The Morgan fingerprint density at radius 1 is 1.39 bits per heavy atom. The summed E-state index contributed by atoms with van der Waals surface area (Å²) in [6.07, 6.45) is -3.58. The predicted octanol–water partition coefficient (Wildman–Crippen LogP) is 2.62. The summed E-state index contributed by atoms with van der Waals surface area (Å²) < 4.78 is 29.8. The van der Waals surface area contributed by atoms with Gasteiger partial charge in [0.1, 0.15) is 11.1 Å². The number of ether oxygens (including phenoxy) is 1. The molecule has 0 aromatic carbocycles. The van der Waals surface area contributed by atoms with Gasteiger partial charge in [0, 0.05) is 12.8 Å². The Labute approximate surface area is 108 Å². The van der Waals surface area contributed by atoms with Crippen LogP contribution in [0.15, 0.2) is 11.1 Å². The van der Waals surface area contributed by atoms with Crippen LogP contribution >= 0.6 is 11.6 Å². The Morgan fingerprint density at radius 2 is 1.89 bits per heavy atom. The van der Waals surface area contributed by atoms with Crippen molar-refractivity contribution >= 4 is 23.5 Å². The van der Waals surface area contributed by atoms with Crippen LogP contribution in [0.4, 0.5) is 8.78 Å². The number of hydrogen-bond acceptors (Lipinski definition) is 3. The summed E-state index contributed by atoms with van der Waals surface area (Å²) in [6, 6.07) is 0. The van der Waals surface area contributed by atoms with Crippen molar-refractivity contribution < 1.29 is 28.2 Å². The van der Waals surface area contributed by atoms with Crippen LogP contribution in [-0.2, 0) is 14.3 Å². The molecule has 0 spiro atoms. The average Bonchev–Trinajstić information content (AvgIpc) is 2.76. The number of carbonyl (C=O) groups excluding carboxylic acids is 1. The number of hydrogen-bond donors (Lipinski definition) is 1. The summed E-state index contributed by atoms with van der Waals surface area (Å²) in [5.41, 5.74) is -0.748. The molecule has 0 bridgehead atoms. The van der Waals surface area contributed by atoms with Gasteiger partial charge in [-0.1, -0.05) is 25.4 Å². The Hall–Kier alpha value is -1.17. The highest BCUT2D eigenvalue weighted by atomic mass is 35.5. The van der Waals surface area contributed by atoms with Crippen LogP contribution in [0.1, 0.15) is 20.8 Å². The number of halogens is 3. The number of carboxylic acids is 1. The number of carboxylic acid groups (broad SMARTS) is 1. The van der Waals surface area contributed by atoms with Gasteiger partial charge in [0.2, 0.25) is 0 Å². The average molecular weight is 283 g/mol. The lowest BCUT2D eigenvalue weighted by atomic mass is 10.1. The van der Waals surface area contributed by atoms with Crippen LogP contribution in [-0.4, -0.2) is 23.1 Å². The molecule has 0 aromatic rings. The van der Waals surface area contributed by atoms with Crippen LogP contribution in [0.25, 0.3) is 0 Å². The van der Waals surface area contributed by atoms with Crippen LogP contribution < -0.4 is 0 Å². The van der Waals surface area contributed by atoms with Gasteiger partial charge in [-0.25, -0.2) is 0 Å². The molecule has 0 saturated heterocycles. The van der Waals surface area contributed by atoms with Gasteiger partial charge >= 0.3 is 11.9 Å². The summed E-state index contributed by atoms with van der Waals surface area (Å²) in [6.45, 7) is 4.26. The quantitative estimate of drug-likeness (QED) is 0.805. The van der Waals surface area contributed by atoms with Gasteiger partial charge in [0.15, 0.2) is 0 Å². The van der Waals surface area contributed by atoms with Crippen molar-refractivity contribution in [2.75, 3.05) is 0 Å². The molecule has 1 rings (SSSR count). The third-order valence-corrected chi connectivity index (χ3v) is 3.58. The first-order valence-corrected chi connectivity index (χ1v) is 5.59. The van der Waals surface area contributed by atoms with E-state index in [4.69, 9.17) is 21.4 Å². The molecule has 0 aliphatic heterocycles. The molecule has 7 heteroatoms. The summed E-state index contributed by atoms with van der Waals surface area (Å²) in [4.78, 5) is 21.9. The van der Waals surface area contributed by atoms with Crippen molar-refractivity contribution in [1.29, 1.82) is 0 Å². The van der Waals surface area contributed by atoms with E-state index < -0.39 is 46.4 Å². The van der Waals surface area contributed by atoms with E-state index in [0.29, 0.717) is 0 Å². The fraction of sp³-hybridized carbons (Fsp3) is 0.636. The normalized spacial score (nSPS) is 26.1. The van der Waals surface area contributed by atoms with E-state index in [1.54, 1.807) is 13.8 Å². The minimum atomic E-state index is -2.17. The Kier molecular flexibility index (Phi) is 4.00. The highest BCUT2D eigenvalue weighted by Crippen LogP contribution is 2.62. The molecule has 0 amide bonds. The summed E-state index contributed by atoms with van der Waals surface area (Å²) >= 11 is 5.42. The number of aliphatic carboxylic acids is 1. The smallest absolute Gasteiger partial charge is 0.307 e. The summed E-state index contributed by atoms with van der Waals surface area (Å²) in [7, 11) is 0. The van der Waals surface area contributed by atoms with Gasteiger partial charge in [-0.2, -0.15) is 8.78 Å². The maximum absolute atomic E-state index is 12.5. The molecule has 0 heterocycles. The number of carbonyl (C=O) groups is 2. The van der Waals surface area contributed by atoms with Gasteiger partial charge < -0.3 is 9.84 Å². The van der Waals surface area contributed by atoms with E-state index in [0.717, 1.165) is 6.92 Å². The monoisotopic (exact) mass is 282 g/mol. The Morgan fingerprint density at radius 3 is 2.17 bits per heavy atom. The van der Waals surface area contributed by atoms with Crippen molar-refractivity contribution in [3.05, 3.63) is 11.1 Å². The standard InChI is InChI=1S/C11H13ClF2O4/c1-4(15)18-8(7(12)9(13)14)5-6(10(16)17)11(5,2)3/h5-6,8H,1-3H3,(H,16,17). The van der Waals surface area contributed by atoms with E-state index in [1.807, 2.05) is 0 Å². The topological polar surface area (TPSA) is 63.6 Å². The van der Waals surface area contributed by atoms with E-state index in [1.165, 1.54) is 0 Å². The maximum Gasteiger partial charge on any atom is 0.307 e. The SMILES string of the molecule is CC(=O)OC(C(Cl)=C(F)F)C1C(C(=O)O)C1(C)C. The highest BCUT2D eigenvalue weighted by molar-refractivity contribution is 6.30. The number of esters is 1. The molecule has 0 aromatic heterocycles. The van der Waals surface area contributed by atoms with Gasteiger partial charge in [0.25, 0.3) is 6.08 Å². The zero-order valence-electron chi connectivity index (χ0n) is 10.0. The van der Waals surface area contributed by atoms with E-state index in [9.17, 15) is 18.4 Å². The summed E-state index contributed by atoms with van der Waals surface area (Å²) in [5.74, 6) is -3.53. The fourth-order valence-electron chi connectivity index (χ4n) is 2.28. The minimum absolute atomic E-state index is 0.748. The van der Waals surface area contributed by atoms with Crippen molar-refractivity contribution in [2.24, 2.45) is 17.3 Å². The van der Waals surface area contributed by atoms with Gasteiger partial charge in [-0.3, -0.25) is 9.59 Å². The molecule has 1 N–H and O–H groups in total. The van der Waals surface area contributed by atoms with Crippen LogP contribution in [0.5, 0.6) is 0 Å². The second-order valence-corrected chi connectivity index (χ2v) is 5.21. The van der Waals surface area contributed by atoms with E-state index >= 15 is 0 Å². The molecule has 102 valence electrons. The molecule has 1 saturated carbocycles. The fourth-order valence-corrected chi connectivity index (χ4v) is 2.46. The zero-order chi connectivity index (χ0) is 14.2. The lowest BCUT2D eigenvalue weighted by molar-refractivity contribution is -0.147. The zero-order valence-corrected chi connectivity index (χ0v) is 10.8. The second kappa shape index (κ2) is 4.84.